The van der Waals surface area contributed by atoms with Gasteiger partial charge in [-0.05, 0) is 70.7 Å². The van der Waals surface area contributed by atoms with Gasteiger partial charge in [0.15, 0.2) is 0 Å². The summed E-state index contributed by atoms with van der Waals surface area (Å²) in [6.07, 6.45) is 10.6. The minimum atomic E-state index is 0.433. The Bertz CT molecular complexity index is 1010. The van der Waals surface area contributed by atoms with Crippen molar-refractivity contribution in [1.82, 2.24) is 0 Å². The van der Waals surface area contributed by atoms with Gasteiger partial charge in [0.05, 0.1) is 0 Å². The summed E-state index contributed by atoms with van der Waals surface area (Å²) < 4.78 is 0. The van der Waals surface area contributed by atoms with E-state index in [-0.39, 0.29) is 0 Å². The number of fused-ring (bicyclic) bond motifs is 3. The highest BCUT2D eigenvalue weighted by Gasteiger charge is 2.24. The normalized spacial score (nSPS) is 12.1. The molecule has 0 aromatic heterocycles. The molecule has 4 rings (SSSR count). The maximum atomic E-state index is 11.0. The van der Waals surface area contributed by atoms with E-state index in [0.717, 1.165) is 31.2 Å². The Morgan fingerprint density at radius 2 is 1.47 bits per heavy atom. The highest BCUT2D eigenvalue weighted by molar-refractivity contribution is 5.87. The van der Waals surface area contributed by atoms with Crippen molar-refractivity contribution >= 4 is 0 Å². The first-order chi connectivity index (χ1) is 14.7. The van der Waals surface area contributed by atoms with Crippen molar-refractivity contribution in [1.29, 1.82) is 0 Å². The molecule has 0 aliphatic heterocycles. The molecule has 3 aromatic rings. The lowest BCUT2D eigenvalue weighted by Crippen LogP contribution is -2.01. The zero-order valence-corrected chi connectivity index (χ0v) is 18.5. The number of aromatic hydroxyl groups is 1. The van der Waals surface area contributed by atoms with E-state index in [1.54, 1.807) is 0 Å². The fraction of sp³-hybridized carbons (Fsp3) is 0.379. The molecule has 0 spiro atoms. The minimum absolute atomic E-state index is 0.433. The quantitative estimate of drug-likeness (QED) is 0.282. The largest absolute Gasteiger partial charge is 0.507 e. The zero-order valence-electron chi connectivity index (χ0n) is 18.5. The fourth-order valence-electron chi connectivity index (χ4n) is 5.07. The maximum Gasteiger partial charge on any atom is 0.123 e. The van der Waals surface area contributed by atoms with E-state index in [1.807, 2.05) is 6.07 Å². The molecule has 1 nitrogen and oxygen atoms in total. The van der Waals surface area contributed by atoms with Crippen LogP contribution < -0.4 is 0 Å². The molecule has 3 aromatic carbocycles. The topological polar surface area (TPSA) is 20.2 Å². The van der Waals surface area contributed by atoms with Crippen LogP contribution in [0.1, 0.15) is 74.6 Å². The number of hydrogen-bond donors (Lipinski definition) is 1. The second-order valence-electron chi connectivity index (χ2n) is 8.68. The van der Waals surface area contributed by atoms with Gasteiger partial charge in [-0.3, -0.25) is 0 Å². The van der Waals surface area contributed by atoms with Crippen LogP contribution in [0.5, 0.6) is 5.75 Å². The summed E-state index contributed by atoms with van der Waals surface area (Å²) in [5.41, 5.74) is 10.5. The molecule has 0 atom stereocenters. The summed E-state index contributed by atoms with van der Waals surface area (Å²) >= 11 is 0. The first-order valence-corrected chi connectivity index (χ1v) is 11.8. The number of hydrogen-bond acceptors (Lipinski definition) is 1. The summed E-state index contributed by atoms with van der Waals surface area (Å²) in [7, 11) is 0. The molecule has 0 bridgehead atoms. The number of unbranched alkanes of at least 4 members (excludes halogenated alkanes) is 4. The van der Waals surface area contributed by atoms with Crippen molar-refractivity contribution in [2.24, 2.45) is 0 Å². The molecule has 0 unspecified atom stereocenters. The van der Waals surface area contributed by atoms with Crippen molar-refractivity contribution < 1.29 is 5.11 Å². The first-order valence-electron chi connectivity index (χ1n) is 11.8. The lowest BCUT2D eigenvalue weighted by atomic mass is 9.86. The third kappa shape index (κ3) is 4.03. The van der Waals surface area contributed by atoms with E-state index < -0.39 is 0 Å². The van der Waals surface area contributed by atoms with Crippen LogP contribution in [0, 0.1) is 0 Å². The van der Waals surface area contributed by atoms with Gasteiger partial charge < -0.3 is 5.11 Å². The van der Waals surface area contributed by atoms with Crippen LogP contribution >= 0.6 is 0 Å². The smallest absolute Gasteiger partial charge is 0.123 e. The molecule has 0 heterocycles. The summed E-state index contributed by atoms with van der Waals surface area (Å²) in [6.45, 7) is 4.51. The molecule has 30 heavy (non-hydrogen) atoms. The molecular weight excluding hydrogens is 364 g/mol. The Morgan fingerprint density at radius 3 is 2.30 bits per heavy atom. The van der Waals surface area contributed by atoms with Crippen LogP contribution in [0.4, 0.5) is 0 Å². The van der Waals surface area contributed by atoms with Crippen LogP contribution in [-0.2, 0) is 19.3 Å². The van der Waals surface area contributed by atoms with E-state index in [4.69, 9.17) is 0 Å². The molecule has 1 aliphatic rings. The van der Waals surface area contributed by atoms with E-state index in [0.29, 0.717) is 5.75 Å². The van der Waals surface area contributed by atoms with Gasteiger partial charge in [-0.15, -0.1) is 0 Å². The third-order valence-electron chi connectivity index (χ3n) is 6.56. The molecule has 0 fully saturated rings. The summed E-state index contributed by atoms with van der Waals surface area (Å²) in [6, 6.07) is 19.4. The van der Waals surface area contributed by atoms with E-state index in [2.05, 4.69) is 62.4 Å². The number of rotatable bonds is 9. The second-order valence-corrected chi connectivity index (χ2v) is 8.68. The predicted molar refractivity (Wildman–Crippen MR) is 128 cm³/mol. The van der Waals surface area contributed by atoms with Crippen LogP contribution in [0.25, 0.3) is 22.3 Å². The monoisotopic (exact) mass is 398 g/mol. The second kappa shape index (κ2) is 9.51. The van der Waals surface area contributed by atoms with Gasteiger partial charge in [-0.25, -0.2) is 0 Å². The fourth-order valence-corrected chi connectivity index (χ4v) is 5.07. The van der Waals surface area contributed by atoms with Crippen LogP contribution in [0.2, 0.25) is 0 Å². The van der Waals surface area contributed by atoms with Crippen molar-refractivity contribution in [2.45, 2.75) is 71.6 Å². The molecule has 156 valence electrons. The van der Waals surface area contributed by atoms with Gasteiger partial charge in [0.1, 0.15) is 5.75 Å². The molecule has 1 N–H and O–H groups in total. The Kier molecular flexibility index (Phi) is 6.57. The molecule has 0 saturated heterocycles. The molecule has 0 amide bonds. The van der Waals surface area contributed by atoms with Crippen LogP contribution in [-0.4, -0.2) is 5.11 Å². The van der Waals surface area contributed by atoms with Crippen LogP contribution in [0.15, 0.2) is 54.6 Å². The number of benzene rings is 3. The Hall–Kier alpha value is -2.54. The van der Waals surface area contributed by atoms with Crippen LogP contribution in [0.3, 0.4) is 0 Å². The van der Waals surface area contributed by atoms with E-state index in [1.165, 1.54) is 71.0 Å². The predicted octanol–water partition coefficient (Wildman–Crippen LogP) is 8.10. The molecule has 1 heteroatoms. The lowest BCUT2D eigenvalue weighted by molar-refractivity contribution is 0.476. The van der Waals surface area contributed by atoms with E-state index in [9.17, 15) is 5.11 Å². The standard InChI is InChI=1S/C29H34O/c1-3-5-6-7-8-15-24-21(12-4-2)18-19-28(30)29(24)26-17-11-16-25-23-14-10-9-13-22(23)20-27(25)26/h9-11,13-14,16-19,30H,3-8,12,15,20H2,1-2H3. The van der Waals surface area contributed by atoms with Crippen molar-refractivity contribution in [3.63, 3.8) is 0 Å². The summed E-state index contributed by atoms with van der Waals surface area (Å²) in [5, 5.41) is 11.0. The Balaban J connectivity index is 1.77. The summed E-state index contributed by atoms with van der Waals surface area (Å²) in [5.74, 6) is 0.433. The molecule has 0 saturated carbocycles. The van der Waals surface area contributed by atoms with Gasteiger partial charge in [-0.1, -0.05) is 94.5 Å². The molecular formula is C29H34O. The summed E-state index contributed by atoms with van der Waals surface area (Å²) in [4.78, 5) is 0. The highest BCUT2D eigenvalue weighted by Crippen LogP contribution is 2.45. The number of phenolic OH excluding ortho intramolecular Hbond substituents is 1. The minimum Gasteiger partial charge on any atom is -0.507 e. The van der Waals surface area contributed by atoms with E-state index >= 15 is 0 Å². The van der Waals surface area contributed by atoms with Gasteiger partial charge in [0, 0.05) is 5.56 Å². The van der Waals surface area contributed by atoms with Gasteiger partial charge >= 0.3 is 0 Å². The first kappa shape index (κ1) is 20.7. The number of phenols is 1. The van der Waals surface area contributed by atoms with Gasteiger partial charge in [0.25, 0.3) is 0 Å². The maximum absolute atomic E-state index is 11.0. The van der Waals surface area contributed by atoms with Gasteiger partial charge in [0.2, 0.25) is 0 Å². The average Bonchev–Trinajstić information content (AvgIpc) is 3.15. The van der Waals surface area contributed by atoms with Crippen molar-refractivity contribution in [2.75, 3.05) is 0 Å². The Labute approximate surface area is 181 Å². The third-order valence-corrected chi connectivity index (χ3v) is 6.56. The molecule has 1 aliphatic carbocycles. The highest BCUT2D eigenvalue weighted by atomic mass is 16.3. The average molecular weight is 399 g/mol. The number of aryl methyl sites for hydroxylation is 1. The zero-order chi connectivity index (χ0) is 20.9. The molecule has 0 radical (unpaired) electrons. The SMILES string of the molecule is CCCCCCCc1c(CCC)ccc(O)c1-c1cccc2c1Cc1ccccc1-2. The van der Waals surface area contributed by atoms with Gasteiger partial charge in [-0.2, -0.15) is 0 Å². The van der Waals surface area contributed by atoms with Crippen molar-refractivity contribution in [3.05, 3.63) is 76.9 Å². The lowest BCUT2D eigenvalue weighted by Gasteiger charge is -2.19. The van der Waals surface area contributed by atoms with Crippen molar-refractivity contribution in [3.8, 4) is 28.0 Å². The Morgan fingerprint density at radius 1 is 0.700 bits per heavy atom.